The second-order valence-corrected chi connectivity index (χ2v) is 5.55. The summed E-state index contributed by atoms with van der Waals surface area (Å²) in [5.41, 5.74) is 1.49. The Labute approximate surface area is 118 Å². The fourth-order valence-corrected chi connectivity index (χ4v) is 2.67. The van der Waals surface area contributed by atoms with Crippen LogP contribution in [0.25, 0.3) is 0 Å². The molecule has 5 heteroatoms. The van der Waals surface area contributed by atoms with Gasteiger partial charge in [0.25, 0.3) is 0 Å². The van der Waals surface area contributed by atoms with Gasteiger partial charge in [0, 0.05) is 11.7 Å². The molecule has 1 aliphatic rings. The second kappa shape index (κ2) is 5.94. The molecule has 0 bridgehead atoms. The van der Waals surface area contributed by atoms with Crippen LogP contribution in [0.2, 0.25) is 0 Å². The first-order valence-corrected chi connectivity index (χ1v) is 6.87. The predicted octanol–water partition coefficient (Wildman–Crippen LogP) is 3.00. The summed E-state index contributed by atoms with van der Waals surface area (Å²) in [5, 5.41) is 14.6. The maximum absolute atomic E-state index is 11.9. The number of carbonyl (C=O) groups is 2. The van der Waals surface area contributed by atoms with Gasteiger partial charge in [0.15, 0.2) is 0 Å². The van der Waals surface area contributed by atoms with E-state index in [9.17, 15) is 9.59 Å². The molecule has 5 nitrogen and oxygen atoms in total. The lowest BCUT2D eigenvalue weighted by Gasteiger charge is -2.14. The van der Waals surface area contributed by atoms with Gasteiger partial charge in [-0.25, -0.2) is 9.59 Å². The van der Waals surface area contributed by atoms with Crippen LogP contribution in [-0.4, -0.2) is 23.1 Å². The SMILES string of the molecule is Cc1cc(NC(=O)NC2CCC(C)C2)ccc1C(=O)O. The zero-order valence-corrected chi connectivity index (χ0v) is 11.8. The number of amides is 2. The van der Waals surface area contributed by atoms with Crippen molar-refractivity contribution in [3.8, 4) is 0 Å². The minimum Gasteiger partial charge on any atom is -0.478 e. The molecule has 2 rings (SSSR count). The molecule has 1 saturated carbocycles. The molecule has 2 amide bonds. The number of rotatable bonds is 3. The van der Waals surface area contributed by atoms with Crippen LogP contribution in [0, 0.1) is 12.8 Å². The third-order valence-electron chi connectivity index (χ3n) is 3.74. The highest BCUT2D eigenvalue weighted by Gasteiger charge is 2.22. The average molecular weight is 276 g/mol. The van der Waals surface area contributed by atoms with E-state index in [2.05, 4.69) is 17.6 Å². The first-order valence-electron chi connectivity index (χ1n) is 6.87. The molecule has 20 heavy (non-hydrogen) atoms. The minimum absolute atomic E-state index is 0.230. The van der Waals surface area contributed by atoms with Gasteiger partial charge in [-0.05, 0) is 55.9 Å². The minimum atomic E-state index is -0.960. The third kappa shape index (κ3) is 3.50. The Balaban J connectivity index is 1.94. The predicted molar refractivity (Wildman–Crippen MR) is 77.1 cm³/mol. The first-order chi connectivity index (χ1) is 9.45. The smallest absolute Gasteiger partial charge is 0.335 e. The van der Waals surface area contributed by atoms with Crippen LogP contribution >= 0.6 is 0 Å². The standard InChI is InChI=1S/C15H20N2O3/c1-9-3-4-11(7-9)16-15(20)17-12-5-6-13(14(18)19)10(2)8-12/h5-6,8-9,11H,3-4,7H2,1-2H3,(H,18,19)(H2,16,17,20). The molecule has 0 heterocycles. The lowest BCUT2D eigenvalue weighted by molar-refractivity contribution is 0.0696. The molecule has 0 aliphatic heterocycles. The van der Waals surface area contributed by atoms with Crippen molar-refractivity contribution in [1.82, 2.24) is 5.32 Å². The van der Waals surface area contributed by atoms with E-state index >= 15 is 0 Å². The molecule has 0 radical (unpaired) electrons. The van der Waals surface area contributed by atoms with Crippen molar-refractivity contribution in [2.45, 2.75) is 39.2 Å². The number of hydrogen-bond acceptors (Lipinski definition) is 2. The Morgan fingerprint density at radius 1 is 1.30 bits per heavy atom. The summed E-state index contributed by atoms with van der Waals surface area (Å²) in [7, 11) is 0. The van der Waals surface area contributed by atoms with Crippen molar-refractivity contribution in [3.63, 3.8) is 0 Å². The van der Waals surface area contributed by atoms with Crippen LogP contribution in [0.15, 0.2) is 18.2 Å². The van der Waals surface area contributed by atoms with Gasteiger partial charge in [0.2, 0.25) is 0 Å². The van der Waals surface area contributed by atoms with Gasteiger partial charge in [-0.15, -0.1) is 0 Å². The molecule has 108 valence electrons. The molecule has 0 spiro atoms. The summed E-state index contributed by atoms with van der Waals surface area (Å²) in [4.78, 5) is 22.8. The number of nitrogens with one attached hydrogen (secondary N) is 2. The summed E-state index contributed by atoms with van der Waals surface area (Å²) >= 11 is 0. The average Bonchev–Trinajstić information content (AvgIpc) is 2.74. The number of benzene rings is 1. The topological polar surface area (TPSA) is 78.4 Å². The summed E-state index contributed by atoms with van der Waals surface area (Å²) in [5.74, 6) is -0.296. The third-order valence-corrected chi connectivity index (χ3v) is 3.74. The Morgan fingerprint density at radius 2 is 2.05 bits per heavy atom. The van der Waals surface area contributed by atoms with Crippen LogP contribution in [0.5, 0.6) is 0 Å². The zero-order chi connectivity index (χ0) is 14.7. The number of anilines is 1. The number of aryl methyl sites for hydroxylation is 1. The van der Waals surface area contributed by atoms with Gasteiger partial charge in [0.1, 0.15) is 0 Å². The molecule has 3 N–H and O–H groups in total. The van der Waals surface area contributed by atoms with Crippen molar-refractivity contribution in [2.24, 2.45) is 5.92 Å². The molecule has 1 aromatic rings. The van der Waals surface area contributed by atoms with E-state index in [1.54, 1.807) is 19.1 Å². The van der Waals surface area contributed by atoms with Crippen LogP contribution in [0.1, 0.15) is 42.1 Å². The zero-order valence-electron chi connectivity index (χ0n) is 11.8. The molecule has 1 fully saturated rings. The van der Waals surface area contributed by atoms with Gasteiger partial charge >= 0.3 is 12.0 Å². The van der Waals surface area contributed by atoms with Gasteiger partial charge in [0.05, 0.1) is 5.56 Å². The second-order valence-electron chi connectivity index (χ2n) is 5.55. The van der Waals surface area contributed by atoms with Crippen LogP contribution in [0.4, 0.5) is 10.5 Å². The quantitative estimate of drug-likeness (QED) is 0.794. The van der Waals surface area contributed by atoms with Crippen molar-refractivity contribution < 1.29 is 14.7 Å². The van der Waals surface area contributed by atoms with Crippen LogP contribution in [0.3, 0.4) is 0 Å². The fraction of sp³-hybridized carbons (Fsp3) is 0.467. The van der Waals surface area contributed by atoms with E-state index in [0.717, 1.165) is 19.3 Å². The lowest BCUT2D eigenvalue weighted by atomic mass is 10.1. The van der Waals surface area contributed by atoms with Gasteiger partial charge in [-0.3, -0.25) is 0 Å². The first kappa shape index (κ1) is 14.4. The Hall–Kier alpha value is -2.04. The summed E-state index contributed by atoms with van der Waals surface area (Å²) in [6.07, 6.45) is 3.19. The van der Waals surface area contributed by atoms with E-state index in [1.807, 2.05) is 0 Å². The molecule has 0 saturated heterocycles. The highest BCUT2D eigenvalue weighted by atomic mass is 16.4. The number of carboxylic acids is 1. The number of urea groups is 1. The number of carbonyl (C=O) groups excluding carboxylic acids is 1. The van der Waals surface area contributed by atoms with E-state index < -0.39 is 5.97 Å². The Bertz CT molecular complexity index is 528. The molecular weight excluding hydrogens is 256 g/mol. The molecule has 1 aromatic carbocycles. The number of carboxylic acid groups (broad SMARTS) is 1. The Kier molecular flexibility index (Phi) is 4.27. The van der Waals surface area contributed by atoms with E-state index in [-0.39, 0.29) is 17.6 Å². The van der Waals surface area contributed by atoms with Crippen molar-refractivity contribution >= 4 is 17.7 Å². The van der Waals surface area contributed by atoms with Crippen molar-refractivity contribution in [1.29, 1.82) is 0 Å². The number of hydrogen-bond donors (Lipinski definition) is 3. The monoisotopic (exact) mass is 276 g/mol. The highest BCUT2D eigenvalue weighted by molar-refractivity contribution is 5.92. The Morgan fingerprint density at radius 3 is 2.60 bits per heavy atom. The summed E-state index contributed by atoms with van der Waals surface area (Å²) in [6, 6.07) is 4.79. The van der Waals surface area contributed by atoms with Gasteiger partial charge < -0.3 is 15.7 Å². The van der Waals surface area contributed by atoms with E-state index in [4.69, 9.17) is 5.11 Å². The molecule has 2 unspecified atom stereocenters. The van der Waals surface area contributed by atoms with Crippen molar-refractivity contribution in [2.75, 3.05) is 5.32 Å². The van der Waals surface area contributed by atoms with Crippen LogP contribution < -0.4 is 10.6 Å². The maximum Gasteiger partial charge on any atom is 0.335 e. The number of aromatic carboxylic acids is 1. The van der Waals surface area contributed by atoms with E-state index in [0.29, 0.717) is 17.2 Å². The molecular formula is C15H20N2O3. The normalized spacial score (nSPS) is 21.5. The maximum atomic E-state index is 11.9. The fourth-order valence-electron chi connectivity index (χ4n) is 2.67. The molecule has 1 aliphatic carbocycles. The van der Waals surface area contributed by atoms with Gasteiger partial charge in [-0.1, -0.05) is 6.92 Å². The largest absolute Gasteiger partial charge is 0.478 e. The summed E-state index contributed by atoms with van der Waals surface area (Å²) < 4.78 is 0. The van der Waals surface area contributed by atoms with Crippen molar-refractivity contribution in [3.05, 3.63) is 29.3 Å². The summed E-state index contributed by atoms with van der Waals surface area (Å²) in [6.45, 7) is 3.90. The van der Waals surface area contributed by atoms with E-state index in [1.165, 1.54) is 6.07 Å². The van der Waals surface area contributed by atoms with Crippen LogP contribution in [-0.2, 0) is 0 Å². The van der Waals surface area contributed by atoms with Gasteiger partial charge in [-0.2, -0.15) is 0 Å². The molecule has 0 aromatic heterocycles. The highest BCUT2D eigenvalue weighted by Crippen LogP contribution is 2.24. The lowest BCUT2D eigenvalue weighted by Crippen LogP contribution is -2.36. The molecule has 2 atom stereocenters.